The number of rotatable bonds is 5. The zero-order chi connectivity index (χ0) is 17.6. The number of nitrogens with one attached hydrogen (secondary N) is 1. The molecule has 0 aliphatic carbocycles. The summed E-state index contributed by atoms with van der Waals surface area (Å²) in [5.74, 6) is 0.0478. The van der Waals surface area contributed by atoms with Crippen LogP contribution in [-0.4, -0.2) is 33.2 Å². The van der Waals surface area contributed by atoms with Gasteiger partial charge in [-0.25, -0.2) is 0 Å². The summed E-state index contributed by atoms with van der Waals surface area (Å²) in [6.45, 7) is 2.72. The molecule has 1 atom stereocenters. The minimum absolute atomic E-state index is 0.0268. The highest BCUT2D eigenvalue weighted by Gasteiger charge is 2.30. The summed E-state index contributed by atoms with van der Waals surface area (Å²) in [4.78, 5) is 34.2. The Morgan fingerprint density at radius 2 is 2.12 bits per heavy atom. The van der Waals surface area contributed by atoms with Gasteiger partial charge in [0, 0.05) is 38.6 Å². The first-order valence-electron chi connectivity index (χ1n) is 8.51. The summed E-state index contributed by atoms with van der Waals surface area (Å²) in [6, 6.07) is 7.71. The summed E-state index contributed by atoms with van der Waals surface area (Å²) in [6.07, 6.45) is 7.49. The summed E-state index contributed by atoms with van der Waals surface area (Å²) in [7, 11) is 0. The Kier molecular flexibility index (Phi) is 5.38. The third-order valence-electron chi connectivity index (χ3n) is 4.38. The lowest BCUT2D eigenvalue weighted by Crippen LogP contribution is -2.32. The molecule has 0 unspecified atom stereocenters. The molecule has 1 fully saturated rings. The van der Waals surface area contributed by atoms with Gasteiger partial charge in [0.2, 0.25) is 11.8 Å². The van der Waals surface area contributed by atoms with Crippen LogP contribution in [0.3, 0.4) is 0 Å². The Hall–Kier alpha value is -2.76. The van der Waals surface area contributed by atoms with Crippen LogP contribution in [0.4, 0.5) is 0 Å². The standard InChI is InChI=1S/C19H22N4O2/c1-14(24)21-12-16-6-7-17(22-13-16)18-5-3-9-23(18)19(25)10-15-4-2-8-20-11-15/h2,4,6-8,11,13,18H,3,5,9-10,12H2,1H3,(H,21,24)/t18-/m0/s1. The normalized spacial score (nSPS) is 16.7. The highest BCUT2D eigenvalue weighted by molar-refractivity contribution is 5.79. The lowest BCUT2D eigenvalue weighted by atomic mass is 10.1. The van der Waals surface area contributed by atoms with Crippen molar-refractivity contribution < 1.29 is 9.59 Å². The molecule has 0 saturated carbocycles. The van der Waals surface area contributed by atoms with E-state index < -0.39 is 0 Å². The smallest absolute Gasteiger partial charge is 0.227 e. The lowest BCUT2D eigenvalue weighted by Gasteiger charge is -2.24. The highest BCUT2D eigenvalue weighted by Crippen LogP contribution is 2.31. The fourth-order valence-electron chi connectivity index (χ4n) is 3.12. The zero-order valence-electron chi connectivity index (χ0n) is 14.3. The van der Waals surface area contributed by atoms with E-state index in [2.05, 4.69) is 15.3 Å². The summed E-state index contributed by atoms with van der Waals surface area (Å²) in [5, 5.41) is 2.76. The van der Waals surface area contributed by atoms with Crippen molar-refractivity contribution in [2.24, 2.45) is 0 Å². The van der Waals surface area contributed by atoms with E-state index in [-0.39, 0.29) is 17.9 Å². The molecule has 0 spiro atoms. The molecule has 2 amide bonds. The van der Waals surface area contributed by atoms with E-state index in [1.54, 1.807) is 18.6 Å². The van der Waals surface area contributed by atoms with Gasteiger partial charge in [-0.15, -0.1) is 0 Å². The number of aromatic nitrogens is 2. The van der Waals surface area contributed by atoms with Gasteiger partial charge in [-0.1, -0.05) is 12.1 Å². The molecule has 0 bridgehead atoms. The van der Waals surface area contributed by atoms with Crippen molar-refractivity contribution >= 4 is 11.8 Å². The number of likely N-dealkylation sites (tertiary alicyclic amines) is 1. The van der Waals surface area contributed by atoms with Crippen molar-refractivity contribution in [1.29, 1.82) is 0 Å². The maximum Gasteiger partial charge on any atom is 0.227 e. The van der Waals surface area contributed by atoms with E-state index >= 15 is 0 Å². The molecule has 3 rings (SSSR count). The Balaban J connectivity index is 1.66. The van der Waals surface area contributed by atoms with Gasteiger partial charge in [-0.05, 0) is 36.1 Å². The Labute approximate surface area is 147 Å². The molecule has 0 aromatic carbocycles. The van der Waals surface area contributed by atoms with Crippen molar-refractivity contribution in [3.63, 3.8) is 0 Å². The van der Waals surface area contributed by atoms with Crippen molar-refractivity contribution in [1.82, 2.24) is 20.2 Å². The average Bonchev–Trinajstić information content (AvgIpc) is 3.11. The van der Waals surface area contributed by atoms with Crippen molar-refractivity contribution in [2.45, 2.75) is 38.8 Å². The molecule has 6 heteroatoms. The van der Waals surface area contributed by atoms with E-state index in [0.717, 1.165) is 36.2 Å². The number of carbonyl (C=O) groups excluding carboxylic acids is 2. The average molecular weight is 338 g/mol. The fraction of sp³-hybridized carbons (Fsp3) is 0.368. The zero-order valence-corrected chi connectivity index (χ0v) is 14.3. The number of carbonyl (C=O) groups is 2. The third kappa shape index (κ3) is 4.41. The van der Waals surface area contributed by atoms with E-state index in [9.17, 15) is 9.59 Å². The molecule has 1 aliphatic rings. The van der Waals surface area contributed by atoms with E-state index in [4.69, 9.17) is 0 Å². The first kappa shape index (κ1) is 17.1. The number of nitrogens with zero attached hydrogens (tertiary/aromatic N) is 3. The molecule has 3 heterocycles. The van der Waals surface area contributed by atoms with Gasteiger partial charge in [0.15, 0.2) is 0 Å². The SMILES string of the molecule is CC(=O)NCc1ccc([C@@H]2CCCN2C(=O)Cc2cccnc2)nc1. The molecule has 25 heavy (non-hydrogen) atoms. The number of amides is 2. The molecule has 1 aliphatic heterocycles. The first-order valence-corrected chi connectivity index (χ1v) is 8.51. The van der Waals surface area contributed by atoms with Crippen LogP contribution >= 0.6 is 0 Å². The minimum Gasteiger partial charge on any atom is -0.352 e. The first-order chi connectivity index (χ1) is 12.1. The number of hydrogen-bond acceptors (Lipinski definition) is 4. The van der Waals surface area contributed by atoms with Crippen LogP contribution in [0.15, 0.2) is 42.9 Å². The van der Waals surface area contributed by atoms with Crippen LogP contribution < -0.4 is 5.32 Å². The second-order valence-electron chi connectivity index (χ2n) is 6.28. The van der Waals surface area contributed by atoms with Crippen molar-refractivity contribution in [3.8, 4) is 0 Å². The van der Waals surface area contributed by atoms with Gasteiger partial charge in [0.25, 0.3) is 0 Å². The fourth-order valence-corrected chi connectivity index (χ4v) is 3.12. The molecule has 130 valence electrons. The maximum absolute atomic E-state index is 12.7. The number of hydrogen-bond donors (Lipinski definition) is 1. The molecule has 1 N–H and O–H groups in total. The summed E-state index contributed by atoms with van der Waals surface area (Å²) in [5.41, 5.74) is 2.78. The second-order valence-corrected chi connectivity index (χ2v) is 6.28. The monoisotopic (exact) mass is 338 g/mol. The molecule has 0 radical (unpaired) electrons. The van der Waals surface area contributed by atoms with Crippen LogP contribution in [0.2, 0.25) is 0 Å². The Morgan fingerprint density at radius 3 is 2.80 bits per heavy atom. The van der Waals surface area contributed by atoms with Gasteiger partial charge >= 0.3 is 0 Å². The second kappa shape index (κ2) is 7.88. The Bertz CT molecular complexity index is 731. The van der Waals surface area contributed by atoms with Gasteiger partial charge in [0.1, 0.15) is 0 Å². The van der Waals surface area contributed by atoms with Crippen molar-refractivity contribution in [3.05, 3.63) is 59.7 Å². The third-order valence-corrected chi connectivity index (χ3v) is 4.38. The highest BCUT2D eigenvalue weighted by atomic mass is 16.2. The van der Waals surface area contributed by atoms with E-state index in [1.807, 2.05) is 29.2 Å². The molecule has 2 aromatic heterocycles. The summed E-state index contributed by atoms with van der Waals surface area (Å²) >= 11 is 0. The maximum atomic E-state index is 12.7. The van der Waals surface area contributed by atoms with Crippen LogP contribution in [0.1, 0.15) is 42.6 Å². The summed E-state index contributed by atoms with van der Waals surface area (Å²) < 4.78 is 0. The van der Waals surface area contributed by atoms with E-state index in [0.29, 0.717) is 13.0 Å². The van der Waals surface area contributed by atoms with Crippen LogP contribution in [0.25, 0.3) is 0 Å². The lowest BCUT2D eigenvalue weighted by molar-refractivity contribution is -0.131. The van der Waals surface area contributed by atoms with Gasteiger partial charge in [-0.2, -0.15) is 0 Å². The van der Waals surface area contributed by atoms with Gasteiger partial charge < -0.3 is 10.2 Å². The quantitative estimate of drug-likeness (QED) is 0.905. The molecule has 6 nitrogen and oxygen atoms in total. The molecular formula is C19H22N4O2. The predicted octanol–water partition coefficient (Wildman–Crippen LogP) is 2.02. The molecule has 2 aromatic rings. The van der Waals surface area contributed by atoms with Gasteiger partial charge in [0.05, 0.1) is 18.2 Å². The van der Waals surface area contributed by atoms with E-state index in [1.165, 1.54) is 6.92 Å². The van der Waals surface area contributed by atoms with Crippen molar-refractivity contribution in [2.75, 3.05) is 6.54 Å². The van der Waals surface area contributed by atoms with Crippen LogP contribution in [0, 0.1) is 0 Å². The Morgan fingerprint density at radius 1 is 1.24 bits per heavy atom. The molecular weight excluding hydrogens is 316 g/mol. The number of pyridine rings is 2. The predicted molar refractivity (Wildman–Crippen MR) is 93.4 cm³/mol. The largest absolute Gasteiger partial charge is 0.352 e. The molecule has 1 saturated heterocycles. The van der Waals surface area contributed by atoms with Crippen LogP contribution in [-0.2, 0) is 22.6 Å². The topological polar surface area (TPSA) is 75.2 Å². The van der Waals surface area contributed by atoms with Gasteiger partial charge in [-0.3, -0.25) is 19.6 Å². The van der Waals surface area contributed by atoms with Crippen LogP contribution in [0.5, 0.6) is 0 Å². The minimum atomic E-state index is -0.0629.